The van der Waals surface area contributed by atoms with Crippen molar-refractivity contribution in [1.29, 1.82) is 0 Å². The Kier molecular flexibility index (Phi) is 4.99. The lowest BCUT2D eigenvalue weighted by Gasteiger charge is -2.33. The van der Waals surface area contributed by atoms with Crippen LogP contribution in [0.1, 0.15) is 28.9 Å². The van der Waals surface area contributed by atoms with Crippen LogP contribution >= 0.6 is 0 Å². The highest BCUT2D eigenvalue weighted by molar-refractivity contribution is 6.04. The molecular weight excluding hydrogens is 370 g/mol. The van der Waals surface area contributed by atoms with Crippen LogP contribution in [0.25, 0.3) is 0 Å². The normalized spacial score (nSPS) is 16.7. The average Bonchev–Trinajstić information content (AvgIpc) is 3.25. The molecule has 4 rings (SSSR count). The smallest absolute Gasteiger partial charge is 0.338 e. The Balaban J connectivity index is 1.58. The van der Waals surface area contributed by atoms with E-state index in [9.17, 15) is 9.59 Å². The minimum atomic E-state index is -0.529. The van der Waals surface area contributed by atoms with E-state index >= 15 is 0 Å². The van der Waals surface area contributed by atoms with E-state index in [-0.39, 0.29) is 11.9 Å². The van der Waals surface area contributed by atoms with Gasteiger partial charge >= 0.3 is 5.97 Å². The van der Waals surface area contributed by atoms with Gasteiger partial charge in [0.05, 0.1) is 23.5 Å². The number of carbonyl (C=O) groups excluding carboxylic acids is 2. The van der Waals surface area contributed by atoms with Gasteiger partial charge in [0.15, 0.2) is 0 Å². The standard InChI is InChI=1S/C21H21N5O3/c1-14-20(27)24-17-10-16(8-9-18(17)25(14)2)21(28)29-19(11-26-13-22-12-23-26)15-6-4-3-5-7-15/h3-10,12-14,19H,11H2,1-2H3,(H,24,27). The maximum Gasteiger partial charge on any atom is 0.338 e. The molecule has 8 heteroatoms. The van der Waals surface area contributed by atoms with Crippen LogP contribution < -0.4 is 10.2 Å². The third-order valence-corrected chi connectivity index (χ3v) is 5.07. The number of nitrogens with one attached hydrogen (secondary N) is 1. The number of rotatable bonds is 5. The highest BCUT2D eigenvalue weighted by Crippen LogP contribution is 2.32. The monoisotopic (exact) mass is 391 g/mol. The van der Waals surface area contributed by atoms with Crippen molar-refractivity contribution in [2.45, 2.75) is 25.6 Å². The van der Waals surface area contributed by atoms with Gasteiger partial charge < -0.3 is 15.0 Å². The van der Waals surface area contributed by atoms with Crippen molar-refractivity contribution in [2.24, 2.45) is 0 Å². The number of amides is 1. The van der Waals surface area contributed by atoms with Crippen LogP contribution in [0.2, 0.25) is 0 Å². The second-order valence-corrected chi connectivity index (χ2v) is 6.93. The number of esters is 1. The van der Waals surface area contributed by atoms with Gasteiger partial charge in [-0.1, -0.05) is 30.3 Å². The van der Waals surface area contributed by atoms with Crippen LogP contribution in [0.3, 0.4) is 0 Å². The zero-order chi connectivity index (χ0) is 20.4. The molecule has 2 aromatic carbocycles. The van der Waals surface area contributed by atoms with Crippen molar-refractivity contribution in [3.8, 4) is 0 Å². The number of ether oxygens (including phenoxy) is 1. The van der Waals surface area contributed by atoms with Gasteiger partial charge in [0.1, 0.15) is 24.8 Å². The van der Waals surface area contributed by atoms with Crippen LogP contribution in [0.15, 0.2) is 61.2 Å². The molecule has 1 N–H and O–H groups in total. The van der Waals surface area contributed by atoms with Gasteiger partial charge in [0.2, 0.25) is 5.91 Å². The number of nitrogens with zero attached hydrogens (tertiary/aromatic N) is 4. The molecule has 1 aliphatic heterocycles. The molecule has 0 radical (unpaired) electrons. The Morgan fingerprint density at radius 3 is 2.76 bits per heavy atom. The van der Waals surface area contributed by atoms with E-state index < -0.39 is 12.1 Å². The fourth-order valence-corrected chi connectivity index (χ4v) is 3.26. The SMILES string of the molecule is CC1C(=O)Nc2cc(C(=O)OC(Cn3cncn3)c3ccccc3)ccc2N1C. The lowest BCUT2D eigenvalue weighted by atomic mass is 10.1. The Labute approximate surface area is 168 Å². The van der Waals surface area contributed by atoms with Gasteiger partial charge in [-0.3, -0.25) is 4.79 Å². The molecule has 1 amide bonds. The maximum absolute atomic E-state index is 12.9. The minimum Gasteiger partial charge on any atom is -0.452 e. The Hall–Kier alpha value is -3.68. The van der Waals surface area contributed by atoms with E-state index in [1.165, 1.54) is 6.33 Å². The molecule has 1 aromatic heterocycles. The van der Waals surface area contributed by atoms with E-state index in [0.717, 1.165) is 11.3 Å². The third-order valence-electron chi connectivity index (χ3n) is 5.07. The minimum absolute atomic E-state index is 0.112. The lowest BCUT2D eigenvalue weighted by Crippen LogP contribution is -2.43. The molecule has 148 valence electrons. The number of benzene rings is 2. The molecule has 3 aromatic rings. The van der Waals surface area contributed by atoms with E-state index in [4.69, 9.17) is 4.74 Å². The van der Waals surface area contributed by atoms with Crippen molar-refractivity contribution in [2.75, 3.05) is 17.3 Å². The molecule has 0 saturated heterocycles. The van der Waals surface area contributed by atoms with E-state index in [1.807, 2.05) is 55.3 Å². The number of hydrogen-bond donors (Lipinski definition) is 1. The fourth-order valence-electron chi connectivity index (χ4n) is 3.26. The van der Waals surface area contributed by atoms with Gasteiger partial charge in [-0.15, -0.1) is 0 Å². The summed E-state index contributed by atoms with van der Waals surface area (Å²) in [6.07, 6.45) is 2.49. The molecule has 0 saturated carbocycles. The molecule has 8 nitrogen and oxygen atoms in total. The number of aromatic nitrogens is 3. The van der Waals surface area contributed by atoms with E-state index in [1.54, 1.807) is 23.1 Å². The topological polar surface area (TPSA) is 89.3 Å². The summed E-state index contributed by atoms with van der Waals surface area (Å²) in [4.78, 5) is 30.8. The quantitative estimate of drug-likeness (QED) is 0.673. The fraction of sp³-hybridized carbons (Fsp3) is 0.238. The first-order valence-corrected chi connectivity index (χ1v) is 9.29. The second kappa shape index (κ2) is 7.75. The average molecular weight is 391 g/mol. The molecule has 0 fully saturated rings. The van der Waals surface area contributed by atoms with E-state index in [0.29, 0.717) is 17.8 Å². The Morgan fingerprint density at radius 1 is 1.24 bits per heavy atom. The van der Waals surface area contributed by atoms with Crippen LogP contribution in [0.4, 0.5) is 11.4 Å². The van der Waals surface area contributed by atoms with Crippen LogP contribution in [0.5, 0.6) is 0 Å². The number of carbonyl (C=O) groups is 2. The maximum atomic E-state index is 12.9. The van der Waals surface area contributed by atoms with Gasteiger partial charge in [-0.25, -0.2) is 14.5 Å². The molecule has 0 bridgehead atoms. The predicted molar refractivity (Wildman–Crippen MR) is 108 cm³/mol. The summed E-state index contributed by atoms with van der Waals surface area (Å²) in [5.74, 6) is -0.587. The van der Waals surface area contributed by atoms with Gasteiger partial charge in [-0.05, 0) is 30.7 Å². The van der Waals surface area contributed by atoms with Gasteiger partial charge in [-0.2, -0.15) is 5.10 Å². The third kappa shape index (κ3) is 3.82. The van der Waals surface area contributed by atoms with Crippen molar-refractivity contribution in [1.82, 2.24) is 14.8 Å². The highest BCUT2D eigenvalue weighted by Gasteiger charge is 2.28. The van der Waals surface area contributed by atoms with Gasteiger partial charge in [0.25, 0.3) is 0 Å². The number of hydrogen-bond acceptors (Lipinski definition) is 6. The molecule has 29 heavy (non-hydrogen) atoms. The van der Waals surface area contributed by atoms with Crippen molar-refractivity contribution >= 4 is 23.3 Å². The van der Waals surface area contributed by atoms with Crippen LogP contribution in [-0.2, 0) is 16.1 Å². The van der Waals surface area contributed by atoms with Gasteiger partial charge in [0, 0.05) is 7.05 Å². The highest BCUT2D eigenvalue weighted by atomic mass is 16.5. The largest absolute Gasteiger partial charge is 0.452 e. The molecule has 2 unspecified atom stereocenters. The first kappa shape index (κ1) is 18.7. The van der Waals surface area contributed by atoms with Crippen molar-refractivity contribution < 1.29 is 14.3 Å². The molecule has 0 spiro atoms. The number of likely N-dealkylation sites (N-methyl/N-ethyl adjacent to an activating group) is 1. The molecule has 0 aliphatic carbocycles. The van der Waals surface area contributed by atoms with Crippen LogP contribution in [-0.4, -0.2) is 39.7 Å². The molecule has 2 heterocycles. The zero-order valence-corrected chi connectivity index (χ0v) is 16.1. The second-order valence-electron chi connectivity index (χ2n) is 6.93. The number of anilines is 2. The summed E-state index contributed by atoms with van der Waals surface area (Å²) in [7, 11) is 1.85. The summed E-state index contributed by atoms with van der Waals surface area (Å²) in [5.41, 5.74) is 2.68. The van der Waals surface area contributed by atoms with E-state index in [2.05, 4.69) is 15.4 Å². The van der Waals surface area contributed by atoms with Crippen LogP contribution in [0, 0.1) is 0 Å². The molecular formula is C21H21N5O3. The first-order valence-electron chi connectivity index (χ1n) is 9.29. The first-order chi connectivity index (χ1) is 14.0. The molecule has 1 aliphatic rings. The van der Waals surface area contributed by atoms with Crippen molar-refractivity contribution in [3.63, 3.8) is 0 Å². The summed E-state index contributed by atoms with van der Waals surface area (Å²) in [6, 6.07) is 14.4. The summed E-state index contributed by atoms with van der Waals surface area (Å²) in [6.45, 7) is 2.17. The Bertz CT molecular complexity index is 1020. The summed E-state index contributed by atoms with van der Waals surface area (Å²) in [5, 5.41) is 6.95. The lowest BCUT2D eigenvalue weighted by molar-refractivity contribution is -0.117. The molecule has 2 atom stereocenters. The summed E-state index contributed by atoms with van der Waals surface area (Å²) < 4.78 is 7.43. The van der Waals surface area contributed by atoms with Crippen molar-refractivity contribution in [3.05, 3.63) is 72.3 Å². The number of fused-ring (bicyclic) bond motifs is 1. The zero-order valence-electron chi connectivity index (χ0n) is 16.1. The summed E-state index contributed by atoms with van der Waals surface area (Å²) >= 11 is 0. The predicted octanol–water partition coefficient (Wildman–Crippen LogP) is 2.65. The Morgan fingerprint density at radius 2 is 2.03 bits per heavy atom.